The highest BCUT2D eigenvalue weighted by molar-refractivity contribution is 5.74. The molecule has 5 heteroatoms. The van der Waals surface area contributed by atoms with Crippen LogP contribution in [0.4, 0.5) is 5.69 Å². The van der Waals surface area contributed by atoms with Crippen LogP contribution < -0.4 is 5.73 Å². The van der Waals surface area contributed by atoms with Crippen molar-refractivity contribution in [1.29, 1.82) is 0 Å². The van der Waals surface area contributed by atoms with Crippen LogP contribution in [-0.2, 0) is 16.0 Å². The third-order valence-corrected chi connectivity index (χ3v) is 2.47. The zero-order valence-electron chi connectivity index (χ0n) is 9.22. The predicted molar refractivity (Wildman–Crippen MR) is 64.2 cm³/mol. The van der Waals surface area contributed by atoms with E-state index in [0.717, 1.165) is 17.0 Å². The quantitative estimate of drug-likeness (QED) is 0.601. The Morgan fingerprint density at radius 3 is 2.82 bits per heavy atom. The Kier molecular flexibility index (Phi) is 3.40. The number of carbonyl (C=O) groups excluding carboxylic acids is 1. The van der Waals surface area contributed by atoms with E-state index in [-0.39, 0.29) is 0 Å². The molecule has 0 aliphatic heterocycles. The first-order valence-electron chi connectivity index (χ1n) is 5.26. The first-order chi connectivity index (χ1) is 8.33. The van der Waals surface area contributed by atoms with E-state index in [0.29, 0.717) is 25.2 Å². The molecule has 0 aliphatic carbocycles. The van der Waals surface area contributed by atoms with Crippen molar-refractivity contribution in [2.75, 3.05) is 12.3 Å². The third kappa shape index (κ3) is 2.44. The summed E-state index contributed by atoms with van der Waals surface area (Å²) in [6.45, 7) is 0.717. The fourth-order valence-electron chi connectivity index (χ4n) is 1.60. The summed E-state index contributed by atoms with van der Waals surface area (Å²) < 4.78 is 4.62. The van der Waals surface area contributed by atoms with Gasteiger partial charge in [-0.3, -0.25) is 9.89 Å². The maximum absolute atomic E-state index is 10.0. The fraction of sp³-hybridized carbons (Fsp3) is 0.167. The van der Waals surface area contributed by atoms with E-state index in [9.17, 15) is 4.79 Å². The number of nitrogens with two attached hydrogens (primary N) is 1. The Balaban J connectivity index is 2.18. The number of anilines is 1. The Labute approximate surface area is 98.6 Å². The van der Waals surface area contributed by atoms with Gasteiger partial charge in [-0.1, -0.05) is 30.3 Å². The molecular weight excluding hydrogens is 218 g/mol. The first-order valence-corrected chi connectivity index (χ1v) is 5.26. The van der Waals surface area contributed by atoms with Crippen LogP contribution in [0.3, 0.4) is 0 Å². The van der Waals surface area contributed by atoms with Crippen LogP contribution in [0.5, 0.6) is 0 Å². The third-order valence-electron chi connectivity index (χ3n) is 2.47. The zero-order chi connectivity index (χ0) is 12.1. The van der Waals surface area contributed by atoms with Crippen LogP contribution in [0.15, 0.2) is 30.3 Å². The van der Waals surface area contributed by atoms with Gasteiger partial charge in [-0.2, -0.15) is 5.10 Å². The molecule has 0 fully saturated rings. The summed E-state index contributed by atoms with van der Waals surface area (Å²) in [5.41, 5.74) is 9.06. The predicted octanol–water partition coefficient (Wildman–Crippen LogP) is 1.37. The summed E-state index contributed by atoms with van der Waals surface area (Å²) in [6.07, 6.45) is 0.532. The molecular formula is C12H13N3O2. The van der Waals surface area contributed by atoms with Gasteiger partial charge in [0.2, 0.25) is 0 Å². The van der Waals surface area contributed by atoms with Gasteiger partial charge in [-0.05, 0) is 0 Å². The second-order valence-electron chi connectivity index (χ2n) is 3.55. The van der Waals surface area contributed by atoms with E-state index in [1.54, 1.807) is 0 Å². The summed E-state index contributed by atoms with van der Waals surface area (Å²) in [5.74, 6) is 0. The van der Waals surface area contributed by atoms with Crippen LogP contribution in [0.25, 0.3) is 11.3 Å². The van der Waals surface area contributed by atoms with Crippen molar-refractivity contribution in [3.05, 3.63) is 36.0 Å². The highest BCUT2D eigenvalue weighted by atomic mass is 16.5. The number of nitrogens with zero attached hydrogens (tertiary/aromatic N) is 1. The summed E-state index contributed by atoms with van der Waals surface area (Å²) in [7, 11) is 0. The van der Waals surface area contributed by atoms with Crippen LogP contribution in [-0.4, -0.2) is 23.3 Å². The smallest absolute Gasteiger partial charge is 0.293 e. The SMILES string of the molecule is Nc1c(-c2ccccc2)n[nH]c1CCOC=O. The Morgan fingerprint density at radius 2 is 2.12 bits per heavy atom. The maximum Gasteiger partial charge on any atom is 0.293 e. The number of rotatable bonds is 5. The number of benzene rings is 1. The van der Waals surface area contributed by atoms with E-state index in [1.165, 1.54) is 0 Å². The molecule has 3 N–H and O–H groups in total. The van der Waals surface area contributed by atoms with Crippen molar-refractivity contribution in [2.24, 2.45) is 0 Å². The molecule has 88 valence electrons. The number of ether oxygens (including phenoxy) is 1. The second-order valence-corrected chi connectivity index (χ2v) is 3.55. The largest absolute Gasteiger partial charge is 0.467 e. The van der Waals surface area contributed by atoms with E-state index in [2.05, 4.69) is 14.9 Å². The van der Waals surface area contributed by atoms with E-state index in [1.807, 2.05) is 30.3 Å². The number of nitrogens with one attached hydrogen (secondary N) is 1. The van der Waals surface area contributed by atoms with Gasteiger partial charge in [-0.15, -0.1) is 0 Å². The highest BCUT2D eigenvalue weighted by Gasteiger charge is 2.11. The highest BCUT2D eigenvalue weighted by Crippen LogP contribution is 2.25. The number of aromatic nitrogens is 2. The van der Waals surface area contributed by atoms with Gasteiger partial charge in [0.25, 0.3) is 6.47 Å². The molecule has 0 unspecified atom stereocenters. The Morgan fingerprint density at radius 1 is 1.35 bits per heavy atom. The van der Waals surface area contributed by atoms with Crippen molar-refractivity contribution in [1.82, 2.24) is 10.2 Å². The molecule has 1 aromatic heterocycles. The molecule has 0 saturated carbocycles. The molecule has 0 amide bonds. The topological polar surface area (TPSA) is 81.0 Å². The summed E-state index contributed by atoms with van der Waals surface area (Å²) in [6, 6.07) is 9.68. The van der Waals surface area contributed by atoms with Crippen molar-refractivity contribution >= 4 is 12.2 Å². The normalized spacial score (nSPS) is 10.1. The van der Waals surface area contributed by atoms with Gasteiger partial charge in [0, 0.05) is 12.0 Å². The van der Waals surface area contributed by atoms with Crippen molar-refractivity contribution < 1.29 is 9.53 Å². The van der Waals surface area contributed by atoms with E-state index in [4.69, 9.17) is 5.73 Å². The average Bonchev–Trinajstić information content (AvgIpc) is 2.73. The van der Waals surface area contributed by atoms with Crippen LogP contribution in [0.2, 0.25) is 0 Å². The molecule has 0 bridgehead atoms. The molecule has 2 aromatic rings. The van der Waals surface area contributed by atoms with Gasteiger partial charge in [0.1, 0.15) is 5.69 Å². The Hall–Kier alpha value is -2.30. The molecule has 17 heavy (non-hydrogen) atoms. The molecule has 0 aliphatic rings. The lowest BCUT2D eigenvalue weighted by atomic mass is 10.1. The van der Waals surface area contributed by atoms with Crippen LogP contribution in [0.1, 0.15) is 5.69 Å². The minimum atomic E-state index is 0.296. The lowest BCUT2D eigenvalue weighted by Crippen LogP contribution is -2.00. The van der Waals surface area contributed by atoms with E-state index >= 15 is 0 Å². The maximum atomic E-state index is 10.0. The van der Waals surface area contributed by atoms with Crippen molar-refractivity contribution in [3.8, 4) is 11.3 Å². The van der Waals surface area contributed by atoms with Crippen molar-refractivity contribution in [2.45, 2.75) is 6.42 Å². The average molecular weight is 231 g/mol. The number of hydrogen-bond donors (Lipinski definition) is 2. The molecule has 0 atom stereocenters. The minimum absolute atomic E-state index is 0.296. The summed E-state index contributed by atoms with van der Waals surface area (Å²) >= 11 is 0. The molecule has 0 radical (unpaired) electrons. The van der Waals surface area contributed by atoms with Gasteiger partial charge >= 0.3 is 0 Å². The van der Waals surface area contributed by atoms with Gasteiger partial charge < -0.3 is 10.5 Å². The monoisotopic (exact) mass is 231 g/mol. The number of carbonyl (C=O) groups is 1. The second kappa shape index (κ2) is 5.16. The Bertz CT molecular complexity index is 494. The zero-order valence-corrected chi connectivity index (χ0v) is 9.22. The molecule has 5 nitrogen and oxygen atoms in total. The fourth-order valence-corrected chi connectivity index (χ4v) is 1.60. The number of nitrogen functional groups attached to an aromatic ring is 1. The van der Waals surface area contributed by atoms with Crippen LogP contribution in [0, 0.1) is 0 Å². The molecule has 1 aromatic carbocycles. The minimum Gasteiger partial charge on any atom is -0.467 e. The molecule has 1 heterocycles. The lowest BCUT2D eigenvalue weighted by Gasteiger charge is -2.00. The van der Waals surface area contributed by atoms with Gasteiger partial charge in [0.05, 0.1) is 18.0 Å². The number of aromatic amines is 1. The van der Waals surface area contributed by atoms with Crippen LogP contribution >= 0.6 is 0 Å². The number of H-pyrrole nitrogens is 1. The van der Waals surface area contributed by atoms with Crippen molar-refractivity contribution in [3.63, 3.8) is 0 Å². The number of hydrogen-bond acceptors (Lipinski definition) is 4. The molecule has 2 rings (SSSR count). The summed E-state index contributed by atoms with van der Waals surface area (Å²) in [5, 5.41) is 7.03. The van der Waals surface area contributed by atoms with Gasteiger partial charge in [0.15, 0.2) is 0 Å². The molecule has 0 saturated heterocycles. The standard InChI is InChI=1S/C12H13N3O2/c13-11-10(6-7-17-8-16)14-15-12(11)9-4-2-1-3-5-9/h1-5,8H,6-7,13H2,(H,14,15). The van der Waals surface area contributed by atoms with Gasteiger partial charge in [-0.25, -0.2) is 0 Å². The lowest BCUT2D eigenvalue weighted by molar-refractivity contribution is -0.128. The summed E-state index contributed by atoms with van der Waals surface area (Å²) in [4.78, 5) is 10.0. The van der Waals surface area contributed by atoms with E-state index < -0.39 is 0 Å². The molecule has 0 spiro atoms. The first kappa shape index (κ1) is 11.2.